The van der Waals surface area contributed by atoms with E-state index in [2.05, 4.69) is 20.8 Å². The monoisotopic (exact) mass is 286 g/mol. The fraction of sp³-hybridized carbons (Fsp3) is 1.00. The third-order valence-electron chi connectivity index (χ3n) is 4.43. The molecule has 2 aliphatic rings. The van der Waals surface area contributed by atoms with Crippen molar-refractivity contribution in [3.63, 3.8) is 0 Å². The van der Waals surface area contributed by atoms with E-state index < -0.39 is 9.28 Å². The van der Waals surface area contributed by atoms with Gasteiger partial charge in [0.2, 0.25) is 0 Å². The van der Waals surface area contributed by atoms with Crippen LogP contribution in [-0.4, -0.2) is 34.7 Å². The molecule has 0 aromatic heterocycles. The van der Waals surface area contributed by atoms with Crippen LogP contribution in [-0.2, 0) is 13.6 Å². The summed E-state index contributed by atoms with van der Waals surface area (Å²) in [6.45, 7) is 8.45. The molecule has 4 heteroatoms. The van der Waals surface area contributed by atoms with Crippen LogP contribution in [0, 0.1) is 11.8 Å². The van der Waals surface area contributed by atoms with Gasteiger partial charge in [-0.05, 0) is 50.0 Å². The Bertz CT molecular complexity index is 254. The van der Waals surface area contributed by atoms with Gasteiger partial charge in [0.1, 0.15) is 0 Å². The summed E-state index contributed by atoms with van der Waals surface area (Å²) in [5, 5.41) is 0. The lowest BCUT2D eigenvalue weighted by Crippen LogP contribution is -2.30. The largest absolute Gasteiger partial charge is 0.397 e. The molecule has 3 nitrogen and oxygen atoms in total. The molecule has 112 valence electrons. The standard InChI is InChI=1S/C15H30O3Si/c1-4-8-16-19(17-9-5-2)11-12(3)13-6-7-14-15(10-13)18-14/h12-15,19H,4-11H2,1-3H3. The lowest BCUT2D eigenvalue weighted by molar-refractivity contribution is 0.183. The summed E-state index contributed by atoms with van der Waals surface area (Å²) in [6, 6.07) is 1.17. The van der Waals surface area contributed by atoms with Gasteiger partial charge in [0.05, 0.1) is 12.2 Å². The van der Waals surface area contributed by atoms with E-state index in [4.69, 9.17) is 13.6 Å². The molecule has 1 aliphatic heterocycles. The van der Waals surface area contributed by atoms with E-state index in [1.807, 2.05) is 0 Å². The maximum atomic E-state index is 5.98. The van der Waals surface area contributed by atoms with Crippen molar-refractivity contribution in [1.29, 1.82) is 0 Å². The van der Waals surface area contributed by atoms with Crippen LogP contribution in [0.4, 0.5) is 0 Å². The first-order chi connectivity index (χ1) is 9.24. The van der Waals surface area contributed by atoms with Crippen molar-refractivity contribution >= 4 is 9.28 Å². The zero-order valence-corrected chi connectivity index (χ0v) is 13.9. The number of epoxide rings is 1. The summed E-state index contributed by atoms with van der Waals surface area (Å²) in [7, 11) is -1.45. The summed E-state index contributed by atoms with van der Waals surface area (Å²) in [6.07, 6.45) is 7.28. The van der Waals surface area contributed by atoms with Crippen LogP contribution in [0.1, 0.15) is 52.9 Å². The second-order valence-electron chi connectivity index (χ2n) is 6.17. The molecule has 0 radical (unpaired) electrons. The topological polar surface area (TPSA) is 31.0 Å². The highest BCUT2D eigenvalue weighted by atomic mass is 28.3. The van der Waals surface area contributed by atoms with E-state index in [1.165, 1.54) is 25.3 Å². The Kier molecular flexibility index (Phi) is 6.33. The minimum absolute atomic E-state index is 0.592. The van der Waals surface area contributed by atoms with Gasteiger partial charge in [0.15, 0.2) is 0 Å². The summed E-state index contributed by atoms with van der Waals surface area (Å²) in [4.78, 5) is 0. The Labute approximate surface area is 119 Å². The summed E-state index contributed by atoms with van der Waals surface area (Å²) in [5.41, 5.74) is 0. The molecular weight excluding hydrogens is 256 g/mol. The second kappa shape index (κ2) is 7.77. The molecule has 2 fully saturated rings. The van der Waals surface area contributed by atoms with E-state index >= 15 is 0 Å². The van der Waals surface area contributed by atoms with Gasteiger partial charge < -0.3 is 13.6 Å². The minimum Gasteiger partial charge on any atom is -0.397 e. The minimum atomic E-state index is -1.45. The van der Waals surface area contributed by atoms with Crippen LogP contribution in [0.3, 0.4) is 0 Å². The zero-order valence-electron chi connectivity index (χ0n) is 12.8. The van der Waals surface area contributed by atoms with Crippen LogP contribution in [0.2, 0.25) is 6.04 Å². The van der Waals surface area contributed by atoms with E-state index in [0.29, 0.717) is 12.2 Å². The van der Waals surface area contributed by atoms with E-state index in [1.54, 1.807) is 0 Å². The molecule has 1 aliphatic carbocycles. The van der Waals surface area contributed by atoms with Crippen molar-refractivity contribution in [1.82, 2.24) is 0 Å². The molecule has 4 atom stereocenters. The highest BCUT2D eigenvalue weighted by Gasteiger charge is 2.45. The first kappa shape index (κ1) is 15.5. The maximum Gasteiger partial charge on any atom is 0.321 e. The summed E-state index contributed by atoms with van der Waals surface area (Å²) < 4.78 is 17.6. The van der Waals surface area contributed by atoms with Gasteiger partial charge in [-0.1, -0.05) is 20.8 Å². The molecule has 1 saturated carbocycles. The summed E-state index contributed by atoms with van der Waals surface area (Å²) in [5.74, 6) is 1.56. The molecule has 4 unspecified atom stereocenters. The molecule has 0 N–H and O–H groups in total. The Balaban J connectivity index is 1.73. The highest BCUT2D eigenvalue weighted by molar-refractivity contribution is 6.44. The normalized spacial score (nSPS) is 31.3. The number of rotatable bonds is 9. The SMILES string of the molecule is CCCO[SiH](CC(C)C1CCC2OC2C1)OCCC. The fourth-order valence-electron chi connectivity index (χ4n) is 3.13. The summed E-state index contributed by atoms with van der Waals surface area (Å²) >= 11 is 0. The smallest absolute Gasteiger partial charge is 0.321 e. The Morgan fingerprint density at radius 3 is 2.37 bits per heavy atom. The van der Waals surface area contributed by atoms with Crippen molar-refractivity contribution in [2.45, 2.75) is 71.1 Å². The average Bonchev–Trinajstić information content (AvgIpc) is 3.19. The van der Waals surface area contributed by atoms with Gasteiger partial charge in [-0.15, -0.1) is 0 Å². The van der Waals surface area contributed by atoms with Crippen LogP contribution < -0.4 is 0 Å². The third kappa shape index (κ3) is 4.85. The van der Waals surface area contributed by atoms with Crippen LogP contribution in [0.25, 0.3) is 0 Å². The van der Waals surface area contributed by atoms with E-state index in [-0.39, 0.29) is 0 Å². The first-order valence-corrected chi connectivity index (χ1v) is 9.89. The predicted octanol–water partition coefficient (Wildman–Crippen LogP) is 3.26. The molecule has 0 spiro atoms. The molecule has 19 heavy (non-hydrogen) atoms. The van der Waals surface area contributed by atoms with Crippen molar-refractivity contribution in [3.05, 3.63) is 0 Å². The molecule has 1 heterocycles. The Morgan fingerprint density at radius 2 is 1.79 bits per heavy atom. The number of hydrogen-bond donors (Lipinski definition) is 0. The van der Waals surface area contributed by atoms with E-state index in [9.17, 15) is 0 Å². The van der Waals surface area contributed by atoms with Crippen LogP contribution in [0.15, 0.2) is 0 Å². The number of fused-ring (bicyclic) bond motifs is 1. The fourth-order valence-corrected chi connectivity index (χ4v) is 5.49. The van der Waals surface area contributed by atoms with Gasteiger partial charge in [-0.2, -0.15) is 0 Å². The van der Waals surface area contributed by atoms with Gasteiger partial charge >= 0.3 is 9.28 Å². The Hall–Kier alpha value is 0.0969. The molecular formula is C15H30O3Si. The molecule has 0 aromatic rings. The van der Waals surface area contributed by atoms with E-state index in [0.717, 1.165) is 37.9 Å². The average molecular weight is 286 g/mol. The maximum absolute atomic E-state index is 5.98. The molecule has 0 aromatic carbocycles. The van der Waals surface area contributed by atoms with Crippen LogP contribution >= 0.6 is 0 Å². The zero-order chi connectivity index (χ0) is 13.7. The quantitative estimate of drug-likeness (QED) is 0.481. The lowest BCUT2D eigenvalue weighted by atomic mass is 9.82. The first-order valence-electron chi connectivity index (χ1n) is 8.13. The molecule has 1 saturated heterocycles. The van der Waals surface area contributed by atoms with Crippen molar-refractivity contribution in [2.24, 2.45) is 11.8 Å². The van der Waals surface area contributed by atoms with Gasteiger partial charge in [-0.3, -0.25) is 0 Å². The van der Waals surface area contributed by atoms with Crippen molar-refractivity contribution < 1.29 is 13.6 Å². The molecule has 2 rings (SSSR count). The Morgan fingerprint density at radius 1 is 1.11 bits per heavy atom. The van der Waals surface area contributed by atoms with Crippen molar-refractivity contribution in [2.75, 3.05) is 13.2 Å². The van der Waals surface area contributed by atoms with Gasteiger partial charge in [0, 0.05) is 13.2 Å². The predicted molar refractivity (Wildman–Crippen MR) is 79.6 cm³/mol. The van der Waals surface area contributed by atoms with Crippen molar-refractivity contribution in [3.8, 4) is 0 Å². The van der Waals surface area contributed by atoms with Gasteiger partial charge in [0.25, 0.3) is 0 Å². The number of ether oxygens (including phenoxy) is 1. The lowest BCUT2D eigenvalue weighted by Gasteiger charge is -2.28. The van der Waals surface area contributed by atoms with Gasteiger partial charge in [-0.25, -0.2) is 0 Å². The molecule has 0 bridgehead atoms. The molecule has 0 amide bonds. The second-order valence-corrected chi connectivity index (χ2v) is 8.17. The number of hydrogen-bond acceptors (Lipinski definition) is 3. The third-order valence-corrected chi connectivity index (χ3v) is 6.77. The van der Waals surface area contributed by atoms with Crippen LogP contribution in [0.5, 0.6) is 0 Å². The highest BCUT2D eigenvalue weighted by Crippen LogP contribution is 2.43.